The van der Waals surface area contributed by atoms with E-state index < -0.39 is 0 Å². The number of likely N-dealkylation sites (N-methyl/N-ethyl adjacent to an activating group) is 1. The smallest absolute Gasteiger partial charge is 0.259 e. The van der Waals surface area contributed by atoms with Gasteiger partial charge in [-0.1, -0.05) is 41.4 Å². The van der Waals surface area contributed by atoms with Crippen molar-refractivity contribution in [3.63, 3.8) is 0 Å². The van der Waals surface area contributed by atoms with Crippen LogP contribution >= 0.6 is 11.6 Å². The number of morpholine rings is 1. The van der Waals surface area contributed by atoms with Crippen LogP contribution in [0.5, 0.6) is 0 Å². The summed E-state index contributed by atoms with van der Waals surface area (Å²) in [5, 5.41) is 4.71. The molecule has 0 spiro atoms. The van der Waals surface area contributed by atoms with Crippen molar-refractivity contribution in [3.05, 3.63) is 51.8 Å². The lowest BCUT2D eigenvalue weighted by Gasteiger charge is -2.28. The summed E-state index contributed by atoms with van der Waals surface area (Å²) in [6, 6.07) is 8.07. The van der Waals surface area contributed by atoms with Crippen LogP contribution in [0.3, 0.4) is 0 Å². The summed E-state index contributed by atoms with van der Waals surface area (Å²) in [5.41, 5.74) is 3.11. The summed E-state index contributed by atoms with van der Waals surface area (Å²) >= 11 is 6.48. The topological polar surface area (TPSA) is 67.7 Å². The summed E-state index contributed by atoms with van der Waals surface area (Å²) in [6.07, 6.45) is 0. The van der Waals surface area contributed by atoms with Crippen LogP contribution in [0.2, 0.25) is 5.15 Å². The highest BCUT2D eigenvalue weighted by molar-refractivity contribution is 6.33. The molecular weight excluding hydrogens is 380 g/mol. The second-order valence-electron chi connectivity index (χ2n) is 7.05. The summed E-state index contributed by atoms with van der Waals surface area (Å²) in [6.45, 7) is 6.41. The number of aryl methyl sites for hydroxylation is 2. The van der Waals surface area contributed by atoms with E-state index in [0.29, 0.717) is 44.1 Å². The molecule has 2 heterocycles. The van der Waals surface area contributed by atoms with Gasteiger partial charge in [0.15, 0.2) is 0 Å². The van der Waals surface area contributed by atoms with E-state index in [4.69, 9.17) is 16.3 Å². The van der Waals surface area contributed by atoms with Crippen LogP contribution in [-0.2, 0) is 16.1 Å². The van der Waals surface area contributed by atoms with Crippen molar-refractivity contribution in [2.24, 2.45) is 0 Å². The first-order valence-corrected chi connectivity index (χ1v) is 9.64. The highest BCUT2D eigenvalue weighted by Gasteiger charge is 2.26. The molecule has 0 aliphatic carbocycles. The summed E-state index contributed by atoms with van der Waals surface area (Å²) in [7, 11) is 1.60. The maximum absolute atomic E-state index is 12.9. The van der Waals surface area contributed by atoms with E-state index in [1.807, 2.05) is 31.2 Å². The number of amides is 2. The number of aromatic nitrogens is 2. The number of hydrogen-bond acceptors (Lipinski definition) is 4. The zero-order valence-electron chi connectivity index (χ0n) is 16.4. The molecule has 0 saturated carbocycles. The Hall–Kier alpha value is -2.38. The molecule has 1 aliphatic rings. The van der Waals surface area contributed by atoms with Crippen LogP contribution < -0.4 is 0 Å². The predicted octanol–water partition coefficient (Wildman–Crippen LogP) is 2.13. The molecule has 2 aromatic rings. The van der Waals surface area contributed by atoms with Crippen molar-refractivity contribution in [1.82, 2.24) is 19.6 Å². The van der Waals surface area contributed by atoms with Gasteiger partial charge in [-0.3, -0.25) is 9.59 Å². The number of ether oxygens (including phenoxy) is 1. The molecule has 0 radical (unpaired) electrons. The third kappa shape index (κ3) is 4.54. The summed E-state index contributed by atoms with van der Waals surface area (Å²) in [5.74, 6) is -0.403. The molecule has 150 valence electrons. The van der Waals surface area contributed by atoms with Gasteiger partial charge in [-0.05, 0) is 19.4 Å². The molecule has 0 atom stereocenters. The van der Waals surface area contributed by atoms with Gasteiger partial charge in [0.1, 0.15) is 5.15 Å². The predicted molar refractivity (Wildman–Crippen MR) is 107 cm³/mol. The van der Waals surface area contributed by atoms with Crippen molar-refractivity contribution < 1.29 is 14.3 Å². The number of halogens is 1. The molecule has 3 rings (SSSR count). The van der Waals surface area contributed by atoms with Crippen molar-refractivity contribution in [3.8, 4) is 0 Å². The minimum absolute atomic E-state index is 0.00224. The van der Waals surface area contributed by atoms with E-state index in [1.165, 1.54) is 10.5 Å². The van der Waals surface area contributed by atoms with Crippen molar-refractivity contribution in [2.45, 2.75) is 20.4 Å². The lowest BCUT2D eigenvalue weighted by Crippen LogP contribution is -2.46. The first-order valence-electron chi connectivity index (χ1n) is 9.26. The summed E-state index contributed by atoms with van der Waals surface area (Å²) in [4.78, 5) is 28.4. The van der Waals surface area contributed by atoms with Crippen molar-refractivity contribution >= 4 is 23.4 Å². The molecule has 1 aliphatic heterocycles. The molecule has 2 amide bonds. The first-order chi connectivity index (χ1) is 13.4. The van der Waals surface area contributed by atoms with Gasteiger partial charge in [-0.25, -0.2) is 4.68 Å². The Morgan fingerprint density at radius 3 is 2.46 bits per heavy atom. The number of carbonyl (C=O) groups excluding carboxylic acids is 2. The van der Waals surface area contributed by atoms with Gasteiger partial charge in [0.25, 0.3) is 5.91 Å². The van der Waals surface area contributed by atoms with Crippen LogP contribution in [0.4, 0.5) is 0 Å². The Morgan fingerprint density at radius 2 is 1.82 bits per heavy atom. The molecule has 8 heteroatoms. The van der Waals surface area contributed by atoms with Gasteiger partial charge in [-0.15, -0.1) is 0 Å². The minimum atomic E-state index is -0.306. The maximum atomic E-state index is 12.9. The Morgan fingerprint density at radius 1 is 1.18 bits per heavy atom. The van der Waals surface area contributed by atoms with E-state index in [9.17, 15) is 9.59 Å². The van der Waals surface area contributed by atoms with Crippen LogP contribution in [0, 0.1) is 13.8 Å². The van der Waals surface area contributed by atoms with E-state index >= 15 is 0 Å². The molecule has 0 N–H and O–H groups in total. The van der Waals surface area contributed by atoms with Gasteiger partial charge in [0.2, 0.25) is 5.91 Å². The number of nitrogens with zero attached hydrogens (tertiary/aromatic N) is 4. The Balaban J connectivity index is 1.71. The average molecular weight is 405 g/mol. The molecule has 1 saturated heterocycles. The van der Waals surface area contributed by atoms with E-state index in [0.717, 1.165) is 5.56 Å². The fraction of sp³-hybridized carbons (Fsp3) is 0.450. The SMILES string of the molecule is Cc1ccc(Cn2nc(C)c(C(=O)N(C)CC(=O)N3CCOCC3)c2Cl)cc1. The van der Waals surface area contributed by atoms with Crippen LogP contribution in [0.25, 0.3) is 0 Å². The zero-order valence-corrected chi connectivity index (χ0v) is 17.2. The highest BCUT2D eigenvalue weighted by atomic mass is 35.5. The number of benzene rings is 1. The van der Waals surface area contributed by atoms with Crippen LogP contribution in [0.15, 0.2) is 24.3 Å². The second kappa shape index (κ2) is 8.75. The second-order valence-corrected chi connectivity index (χ2v) is 7.41. The monoisotopic (exact) mass is 404 g/mol. The molecule has 0 unspecified atom stereocenters. The van der Waals surface area contributed by atoms with E-state index in [2.05, 4.69) is 5.10 Å². The highest BCUT2D eigenvalue weighted by Crippen LogP contribution is 2.22. The fourth-order valence-corrected chi connectivity index (χ4v) is 3.46. The molecule has 28 heavy (non-hydrogen) atoms. The third-order valence-corrected chi connectivity index (χ3v) is 5.20. The van der Waals surface area contributed by atoms with Gasteiger partial charge < -0.3 is 14.5 Å². The molecule has 7 nitrogen and oxygen atoms in total. The van der Waals surface area contributed by atoms with Gasteiger partial charge >= 0.3 is 0 Å². The normalized spacial score (nSPS) is 14.2. The first kappa shape index (κ1) is 20.4. The molecule has 1 fully saturated rings. The quantitative estimate of drug-likeness (QED) is 0.765. The third-order valence-electron chi connectivity index (χ3n) is 4.82. The van der Waals surface area contributed by atoms with Crippen molar-refractivity contribution in [1.29, 1.82) is 0 Å². The van der Waals surface area contributed by atoms with Gasteiger partial charge in [-0.2, -0.15) is 5.10 Å². The van der Waals surface area contributed by atoms with E-state index in [-0.39, 0.29) is 23.5 Å². The van der Waals surface area contributed by atoms with Crippen molar-refractivity contribution in [2.75, 3.05) is 39.9 Å². The van der Waals surface area contributed by atoms with Crippen LogP contribution in [-0.4, -0.2) is 71.3 Å². The Bertz CT molecular complexity index is 857. The lowest BCUT2D eigenvalue weighted by atomic mass is 10.1. The van der Waals surface area contributed by atoms with E-state index in [1.54, 1.807) is 23.6 Å². The molecule has 1 aromatic heterocycles. The maximum Gasteiger partial charge on any atom is 0.259 e. The van der Waals surface area contributed by atoms with Gasteiger partial charge in [0, 0.05) is 20.1 Å². The largest absolute Gasteiger partial charge is 0.378 e. The Kier molecular flexibility index (Phi) is 6.36. The van der Waals surface area contributed by atoms with Gasteiger partial charge in [0.05, 0.1) is 37.6 Å². The number of hydrogen-bond donors (Lipinski definition) is 0. The standard InChI is InChI=1S/C20H25ClN4O3/c1-14-4-6-16(7-5-14)12-25-19(21)18(15(2)22-25)20(27)23(3)13-17(26)24-8-10-28-11-9-24/h4-7H,8-13H2,1-3H3. The molecule has 0 bridgehead atoms. The summed E-state index contributed by atoms with van der Waals surface area (Å²) < 4.78 is 6.88. The lowest BCUT2D eigenvalue weighted by molar-refractivity contribution is -0.135. The van der Waals surface area contributed by atoms with Crippen LogP contribution in [0.1, 0.15) is 27.2 Å². The zero-order chi connectivity index (χ0) is 20.3. The average Bonchev–Trinajstić information content (AvgIpc) is 2.96. The minimum Gasteiger partial charge on any atom is -0.378 e. The Labute approximate surface area is 169 Å². The fourth-order valence-electron chi connectivity index (χ4n) is 3.15. The number of rotatable bonds is 5. The molecular formula is C20H25ClN4O3. The molecule has 1 aromatic carbocycles. The number of carbonyl (C=O) groups is 2.